The van der Waals surface area contributed by atoms with Crippen LogP contribution in [0.25, 0.3) is 94.3 Å². The minimum absolute atomic E-state index is 0.619. The summed E-state index contributed by atoms with van der Waals surface area (Å²) in [6.07, 6.45) is 0. The minimum Gasteiger partial charge on any atom is -0.308 e. The first-order chi connectivity index (χ1) is 25.3. The standard InChI is InChI=1S/C47H30N4/c1-2-15-33(16-3-1)45-48-46(36-26-25-31-13-4-5-17-34(31)29-36)50-47(49-45)41-28-27-35(38-22-12-18-32-14-6-7-19-37(32)38)30-44(41)51-42-23-10-8-20-39(42)40-21-9-11-24-43(40)51/h1-30H. The number of hydrogen-bond acceptors (Lipinski definition) is 3. The molecule has 0 unspecified atom stereocenters. The smallest absolute Gasteiger partial charge is 0.166 e. The lowest BCUT2D eigenvalue weighted by molar-refractivity contribution is 1.06. The number of fused-ring (bicyclic) bond motifs is 5. The molecule has 0 saturated carbocycles. The Morgan fingerprint density at radius 2 is 0.882 bits per heavy atom. The molecule has 2 aromatic heterocycles. The Balaban J connectivity index is 1.28. The second-order valence-corrected chi connectivity index (χ2v) is 12.9. The van der Waals surface area contributed by atoms with Gasteiger partial charge < -0.3 is 4.57 Å². The normalized spacial score (nSPS) is 11.5. The van der Waals surface area contributed by atoms with E-state index < -0.39 is 0 Å². The van der Waals surface area contributed by atoms with E-state index in [1.54, 1.807) is 0 Å². The molecule has 0 bridgehead atoms. The van der Waals surface area contributed by atoms with Crippen molar-refractivity contribution in [1.82, 2.24) is 19.5 Å². The number of aromatic nitrogens is 4. The molecule has 8 aromatic carbocycles. The summed E-state index contributed by atoms with van der Waals surface area (Å²) in [5, 5.41) is 7.15. The molecule has 0 spiro atoms. The fraction of sp³-hybridized carbons (Fsp3) is 0. The average molecular weight is 651 g/mol. The number of hydrogen-bond donors (Lipinski definition) is 0. The van der Waals surface area contributed by atoms with E-state index in [2.05, 4.69) is 168 Å². The van der Waals surface area contributed by atoms with Crippen LogP contribution in [0.3, 0.4) is 0 Å². The fourth-order valence-electron chi connectivity index (χ4n) is 7.40. The monoisotopic (exact) mass is 650 g/mol. The van der Waals surface area contributed by atoms with E-state index in [0.717, 1.165) is 44.4 Å². The highest BCUT2D eigenvalue weighted by Crippen LogP contribution is 2.39. The first kappa shape index (κ1) is 29.0. The molecule has 0 amide bonds. The molecule has 0 aliphatic heterocycles. The Morgan fingerprint density at radius 1 is 0.314 bits per heavy atom. The molecule has 238 valence electrons. The van der Waals surface area contributed by atoms with Crippen molar-refractivity contribution in [3.63, 3.8) is 0 Å². The summed E-state index contributed by atoms with van der Waals surface area (Å²) >= 11 is 0. The molecule has 0 aliphatic carbocycles. The summed E-state index contributed by atoms with van der Waals surface area (Å²) in [5.74, 6) is 1.89. The lowest BCUT2D eigenvalue weighted by Gasteiger charge is -2.17. The maximum absolute atomic E-state index is 5.25. The van der Waals surface area contributed by atoms with Gasteiger partial charge in [-0.05, 0) is 63.0 Å². The summed E-state index contributed by atoms with van der Waals surface area (Å²) < 4.78 is 2.37. The van der Waals surface area contributed by atoms with Crippen molar-refractivity contribution in [3.05, 3.63) is 182 Å². The molecule has 2 heterocycles. The summed E-state index contributed by atoms with van der Waals surface area (Å²) in [7, 11) is 0. The third-order valence-corrected chi connectivity index (χ3v) is 9.84. The molecular formula is C47H30N4. The number of nitrogens with zero attached hydrogens (tertiary/aromatic N) is 4. The summed E-state index contributed by atoms with van der Waals surface area (Å²) in [6, 6.07) is 64.0. The molecular weight excluding hydrogens is 621 g/mol. The second-order valence-electron chi connectivity index (χ2n) is 12.9. The van der Waals surface area contributed by atoms with Crippen LogP contribution in [0.1, 0.15) is 0 Å². The zero-order valence-electron chi connectivity index (χ0n) is 27.6. The Morgan fingerprint density at radius 3 is 1.65 bits per heavy atom. The van der Waals surface area contributed by atoms with E-state index in [0.29, 0.717) is 17.5 Å². The molecule has 10 aromatic rings. The average Bonchev–Trinajstić information content (AvgIpc) is 3.54. The van der Waals surface area contributed by atoms with Crippen LogP contribution in [-0.2, 0) is 0 Å². The molecule has 0 radical (unpaired) electrons. The van der Waals surface area contributed by atoms with E-state index in [-0.39, 0.29) is 0 Å². The van der Waals surface area contributed by atoms with Crippen molar-refractivity contribution in [1.29, 1.82) is 0 Å². The van der Waals surface area contributed by atoms with Crippen LogP contribution < -0.4 is 0 Å². The van der Waals surface area contributed by atoms with Crippen molar-refractivity contribution in [2.75, 3.05) is 0 Å². The van der Waals surface area contributed by atoms with Gasteiger partial charge in [-0.1, -0.05) is 152 Å². The summed E-state index contributed by atoms with van der Waals surface area (Å²) in [6.45, 7) is 0. The largest absolute Gasteiger partial charge is 0.308 e. The van der Waals surface area contributed by atoms with Gasteiger partial charge in [0.15, 0.2) is 17.5 Å². The Labute approximate surface area is 295 Å². The zero-order chi connectivity index (χ0) is 33.7. The van der Waals surface area contributed by atoms with Crippen LogP contribution in [0.2, 0.25) is 0 Å². The maximum Gasteiger partial charge on any atom is 0.166 e. The van der Waals surface area contributed by atoms with E-state index in [9.17, 15) is 0 Å². The van der Waals surface area contributed by atoms with Crippen molar-refractivity contribution >= 4 is 43.4 Å². The van der Waals surface area contributed by atoms with E-state index in [4.69, 9.17) is 15.0 Å². The predicted molar refractivity (Wildman–Crippen MR) is 211 cm³/mol. The first-order valence-corrected chi connectivity index (χ1v) is 17.2. The van der Waals surface area contributed by atoms with E-state index >= 15 is 0 Å². The summed E-state index contributed by atoms with van der Waals surface area (Å²) in [4.78, 5) is 15.5. The maximum atomic E-state index is 5.25. The molecule has 0 fully saturated rings. The fourth-order valence-corrected chi connectivity index (χ4v) is 7.40. The van der Waals surface area contributed by atoms with Gasteiger partial charge in [0.2, 0.25) is 0 Å². The molecule has 51 heavy (non-hydrogen) atoms. The Hall–Kier alpha value is -6.91. The minimum atomic E-state index is 0.619. The Kier molecular flexibility index (Phi) is 6.78. The van der Waals surface area contributed by atoms with Gasteiger partial charge in [-0.2, -0.15) is 0 Å². The van der Waals surface area contributed by atoms with Gasteiger partial charge in [0, 0.05) is 27.5 Å². The van der Waals surface area contributed by atoms with Gasteiger partial charge in [0.25, 0.3) is 0 Å². The zero-order valence-corrected chi connectivity index (χ0v) is 27.6. The predicted octanol–water partition coefficient (Wildman–Crippen LogP) is 11.9. The Bertz CT molecular complexity index is 2870. The lowest BCUT2D eigenvalue weighted by Crippen LogP contribution is -2.04. The SMILES string of the molecule is c1ccc(-c2nc(-c3ccc4ccccc4c3)nc(-c3ccc(-c4cccc5ccccc45)cc3-n3c4ccccc4c4ccccc43)n2)cc1. The summed E-state index contributed by atoms with van der Waals surface area (Å²) in [5.41, 5.74) is 8.37. The first-order valence-electron chi connectivity index (χ1n) is 17.2. The van der Waals surface area contributed by atoms with Crippen LogP contribution >= 0.6 is 0 Å². The molecule has 0 atom stereocenters. The van der Waals surface area contributed by atoms with Gasteiger partial charge in [-0.3, -0.25) is 0 Å². The van der Waals surface area contributed by atoms with Crippen molar-refractivity contribution in [2.24, 2.45) is 0 Å². The quantitative estimate of drug-likeness (QED) is 0.186. The highest BCUT2D eigenvalue weighted by molar-refractivity contribution is 6.10. The van der Waals surface area contributed by atoms with Crippen LogP contribution in [0.15, 0.2) is 182 Å². The van der Waals surface area contributed by atoms with Gasteiger partial charge in [-0.15, -0.1) is 0 Å². The molecule has 0 saturated heterocycles. The molecule has 4 heteroatoms. The lowest BCUT2D eigenvalue weighted by atomic mass is 9.96. The topological polar surface area (TPSA) is 43.6 Å². The van der Waals surface area contributed by atoms with E-state index in [1.807, 2.05) is 18.2 Å². The van der Waals surface area contributed by atoms with Crippen molar-refractivity contribution in [2.45, 2.75) is 0 Å². The van der Waals surface area contributed by atoms with Crippen molar-refractivity contribution < 1.29 is 0 Å². The molecule has 10 rings (SSSR count). The van der Waals surface area contributed by atoms with Crippen LogP contribution in [0, 0.1) is 0 Å². The van der Waals surface area contributed by atoms with Gasteiger partial charge in [-0.25, -0.2) is 15.0 Å². The highest BCUT2D eigenvalue weighted by Gasteiger charge is 2.20. The number of benzene rings is 8. The third kappa shape index (κ3) is 4.96. The van der Waals surface area contributed by atoms with Crippen LogP contribution in [0.5, 0.6) is 0 Å². The van der Waals surface area contributed by atoms with Gasteiger partial charge in [0.1, 0.15) is 0 Å². The van der Waals surface area contributed by atoms with Crippen molar-refractivity contribution in [3.8, 4) is 51.0 Å². The van der Waals surface area contributed by atoms with Crippen LogP contribution in [0.4, 0.5) is 0 Å². The second kappa shape index (κ2) is 11.9. The highest BCUT2D eigenvalue weighted by atomic mass is 15.1. The molecule has 0 aliphatic rings. The van der Waals surface area contributed by atoms with Crippen LogP contribution in [-0.4, -0.2) is 19.5 Å². The number of rotatable bonds is 5. The van der Waals surface area contributed by atoms with E-state index in [1.165, 1.54) is 32.5 Å². The molecule has 4 nitrogen and oxygen atoms in total. The van der Waals surface area contributed by atoms with Gasteiger partial charge in [0.05, 0.1) is 16.7 Å². The number of para-hydroxylation sites is 2. The third-order valence-electron chi connectivity index (χ3n) is 9.84. The molecule has 0 N–H and O–H groups in total. The van der Waals surface area contributed by atoms with Gasteiger partial charge >= 0.3 is 0 Å².